The first-order valence-electron chi connectivity index (χ1n) is 5.51. The van der Waals surface area contributed by atoms with Crippen molar-refractivity contribution in [1.82, 2.24) is 10.2 Å². The lowest BCUT2D eigenvalue weighted by atomic mass is 10.1. The van der Waals surface area contributed by atoms with Gasteiger partial charge in [-0.2, -0.15) is 0 Å². The maximum atomic E-state index is 11.7. The number of hydrogen-bond donors (Lipinski definition) is 1. The summed E-state index contributed by atoms with van der Waals surface area (Å²) in [6.07, 6.45) is 0.358. The molecule has 0 aromatic heterocycles. The van der Waals surface area contributed by atoms with Gasteiger partial charge in [-0.15, -0.1) is 0 Å². The van der Waals surface area contributed by atoms with Crippen LogP contribution in [-0.2, 0) is 9.59 Å². The molecule has 0 aromatic rings. The fraction of sp³-hybridized carbons (Fsp3) is 0.818. The van der Waals surface area contributed by atoms with Crippen LogP contribution >= 0.6 is 0 Å². The van der Waals surface area contributed by atoms with Crippen LogP contribution in [-0.4, -0.2) is 35.3 Å². The Morgan fingerprint density at radius 3 is 2.40 bits per heavy atom. The summed E-state index contributed by atoms with van der Waals surface area (Å²) >= 11 is 0. The number of nitrogens with one attached hydrogen (secondary N) is 1. The molecule has 0 spiro atoms. The van der Waals surface area contributed by atoms with Gasteiger partial charge in [-0.3, -0.25) is 9.59 Å². The second-order valence-electron chi connectivity index (χ2n) is 4.70. The molecule has 1 aliphatic rings. The van der Waals surface area contributed by atoms with Crippen LogP contribution in [0.2, 0.25) is 0 Å². The van der Waals surface area contributed by atoms with E-state index >= 15 is 0 Å². The maximum Gasteiger partial charge on any atom is 0.225 e. The van der Waals surface area contributed by atoms with E-state index in [-0.39, 0.29) is 29.8 Å². The number of likely N-dealkylation sites (tertiary alicyclic amines) is 1. The fourth-order valence-electron chi connectivity index (χ4n) is 1.81. The minimum absolute atomic E-state index is 0.00139. The van der Waals surface area contributed by atoms with Gasteiger partial charge in [0, 0.05) is 25.0 Å². The number of nitrogens with zero attached hydrogens (tertiary/aromatic N) is 1. The highest BCUT2D eigenvalue weighted by atomic mass is 16.2. The van der Waals surface area contributed by atoms with Gasteiger partial charge >= 0.3 is 0 Å². The smallest absolute Gasteiger partial charge is 0.225 e. The Morgan fingerprint density at radius 1 is 1.40 bits per heavy atom. The van der Waals surface area contributed by atoms with Crippen LogP contribution in [0.1, 0.15) is 34.1 Å². The summed E-state index contributed by atoms with van der Waals surface area (Å²) in [6, 6.07) is 0.329. The minimum Gasteiger partial charge on any atom is -0.354 e. The lowest BCUT2D eigenvalue weighted by Gasteiger charge is -2.21. The molecule has 1 N–H and O–H groups in total. The predicted octanol–water partition coefficient (Wildman–Crippen LogP) is 0.768. The molecule has 1 saturated heterocycles. The fourth-order valence-corrected chi connectivity index (χ4v) is 1.81. The maximum absolute atomic E-state index is 11.7. The first-order valence-corrected chi connectivity index (χ1v) is 5.51. The van der Waals surface area contributed by atoms with Gasteiger partial charge in [-0.25, -0.2) is 0 Å². The van der Waals surface area contributed by atoms with E-state index in [1.54, 1.807) is 4.90 Å². The summed E-state index contributed by atoms with van der Waals surface area (Å²) in [7, 11) is 0. The molecule has 1 atom stereocenters. The molecule has 1 fully saturated rings. The van der Waals surface area contributed by atoms with Gasteiger partial charge in [0.2, 0.25) is 11.8 Å². The number of hydrogen-bond acceptors (Lipinski definition) is 2. The van der Waals surface area contributed by atoms with Crippen LogP contribution < -0.4 is 5.32 Å². The topological polar surface area (TPSA) is 49.4 Å². The molecule has 1 aliphatic heterocycles. The third kappa shape index (κ3) is 2.94. The van der Waals surface area contributed by atoms with Crippen molar-refractivity contribution in [3.8, 4) is 0 Å². The summed E-state index contributed by atoms with van der Waals surface area (Å²) in [5, 5.41) is 2.85. The van der Waals surface area contributed by atoms with Crippen molar-refractivity contribution in [3.63, 3.8) is 0 Å². The molecule has 0 saturated carbocycles. The van der Waals surface area contributed by atoms with Crippen LogP contribution in [0.15, 0.2) is 0 Å². The van der Waals surface area contributed by atoms with Crippen molar-refractivity contribution in [2.75, 3.05) is 6.54 Å². The molecule has 4 heteroatoms. The lowest BCUT2D eigenvalue weighted by Crippen LogP contribution is -2.38. The summed E-state index contributed by atoms with van der Waals surface area (Å²) in [6.45, 7) is 8.36. The SMILES string of the molecule is CC(C)NC(=O)[C@@H]1CC(=O)N(C(C)C)C1. The predicted molar refractivity (Wildman–Crippen MR) is 58.2 cm³/mol. The van der Waals surface area contributed by atoms with E-state index in [2.05, 4.69) is 5.32 Å². The number of amides is 2. The molecule has 0 unspecified atom stereocenters. The third-order valence-electron chi connectivity index (χ3n) is 2.58. The van der Waals surface area contributed by atoms with Crippen LogP contribution in [0.5, 0.6) is 0 Å². The molecule has 1 heterocycles. The lowest BCUT2D eigenvalue weighted by molar-refractivity contribution is -0.130. The zero-order chi connectivity index (χ0) is 11.6. The van der Waals surface area contributed by atoms with Gasteiger partial charge in [0.25, 0.3) is 0 Å². The molecule has 4 nitrogen and oxygen atoms in total. The van der Waals surface area contributed by atoms with Gasteiger partial charge in [0.1, 0.15) is 0 Å². The van der Waals surface area contributed by atoms with E-state index in [9.17, 15) is 9.59 Å². The van der Waals surface area contributed by atoms with E-state index in [0.29, 0.717) is 13.0 Å². The minimum atomic E-state index is -0.165. The van der Waals surface area contributed by atoms with Gasteiger partial charge in [-0.05, 0) is 27.7 Å². The van der Waals surface area contributed by atoms with Gasteiger partial charge < -0.3 is 10.2 Å². The summed E-state index contributed by atoms with van der Waals surface area (Å²) in [5.41, 5.74) is 0. The van der Waals surface area contributed by atoms with Crippen molar-refractivity contribution in [3.05, 3.63) is 0 Å². The highest BCUT2D eigenvalue weighted by molar-refractivity contribution is 5.89. The molecule has 2 amide bonds. The Labute approximate surface area is 91.0 Å². The van der Waals surface area contributed by atoms with E-state index in [4.69, 9.17) is 0 Å². The molecular weight excluding hydrogens is 192 g/mol. The van der Waals surface area contributed by atoms with Gasteiger partial charge in [0.15, 0.2) is 0 Å². The Morgan fingerprint density at radius 2 is 2.00 bits per heavy atom. The Kier molecular flexibility index (Phi) is 3.72. The Hall–Kier alpha value is -1.06. The highest BCUT2D eigenvalue weighted by Gasteiger charge is 2.35. The monoisotopic (exact) mass is 212 g/mol. The van der Waals surface area contributed by atoms with E-state index in [1.807, 2.05) is 27.7 Å². The average Bonchev–Trinajstić information content (AvgIpc) is 2.46. The quantitative estimate of drug-likeness (QED) is 0.751. The Bertz CT molecular complexity index is 261. The second-order valence-corrected chi connectivity index (χ2v) is 4.70. The van der Waals surface area contributed by atoms with E-state index in [0.717, 1.165) is 0 Å². The molecule has 0 radical (unpaired) electrons. The molecule has 86 valence electrons. The van der Waals surface area contributed by atoms with Crippen molar-refractivity contribution in [2.24, 2.45) is 5.92 Å². The number of carbonyl (C=O) groups is 2. The van der Waals surface area contributed by atoms with Crippen molar-refractivity contribution < 1.29 is 9.59 Å². The molecule has 0 aliphatic carbocycles. The van der Waals surface area contributed by atoms with Crippen molar-refractivity contribution >= 4 is 11.8 Å². The van der Waals surface area contributed by atoms with Crippen LogP contribution in [0.3, 0.4) is 0 Å². The van der Waals surface area contributed by atoms with Crippen molar-refractivity contribution in [1.29, 1.82) is 0 Å². The first kappa shape index (κ1) is 12.0. The standard InChI is InChI=1S/C11H20N2O2/c1-7(2)12-11(15)9-5-10(14)13(6-9)8(3)4/h7-9H,5-6H2,1-4H3,(H,12,15)/t9-/m1/s1. The largest absolute Gasteiger partial charge is 0.354 e. The zero-order valence-electron chi connectivity index (χ0n) is 9.91. The zero-order valence-corrected chi connectivity index (χ0v) is 9.91. The summed E-state index contributed by atoms with van der Waals surface area (Å²) < 4.78 is 0. The summed E-state index contributed by atoms with van der Waals surface area (Å²) in [5.74, 6) is -0.0716. The number of rotatable bonds is 3. The number of carbonyl (C=O) groups excluding carboxylic acids is 2. The second kappa shape index (κ2) is 4.64. The van der Waals surface area contributed by atoms with Gasteiger partial charge in [-0.1, -0.05) is 0 Å². The normalized spacial score (nSPS) is 21.6. The first-order chi connectivity index (χ1) is 6.91. The molecule has 15 heavy (non-hydrogen) atoms. The van der Waals surface area contributed by atoms with Crippen molar-refractivity contribution in [2.45, 2.75) is 46.2 Å². The average molecular weight is 212 g/mol. The molecule has 1 rings (SSSR count). The molecular formula is C11H20N2O2. The van der Waals surface area contributed by atoms with E-state index < -0.39 is 0 Å². The van der Waals surface area contributed by atoms with Crippen LogP contribution in [0.25, 0.3) is 0 Å². The van der Waals surface area contributed by atoms with Gasteiger partial charge in [0.05, 0.1) is 5.92 Å². The Balaban J connectivity index is 2.54. The molecule has 0 bridgehead atoms. The van der Waals surface area contributed by atoms with E-state index in [1.165, 1.54) is 0 Å². The van der Waals surface area contributed by atoms with Crippen LogP contribution in [0.4, 0.5) is 0 Å². The highest BCUT2D eigenvalue weighted by Crippen LogP contribution is 2.20. The summed E-state index contributed by atoms with van der Waals surface area (Å²) in [4.78, 5) is 25.0. The third-order valence-corrected chi connectivity index (χ3v) is 2.58. The van der Waals surface area contributed by atoms with Crippen LogP contribution in [0, 0.1) is 5.92 Å². The molecule has 0 aromatic carbocycles.